The summed E-state index contributed by atoms with van der Waals surface area (Å²) in [7, 11) is 3.16. The third kappa shape index (κ3) is 5.20. The maximum absolute atomic E-state index is 15.0. The van der Waals surface area contributed by atoms with Crippen molar-refractivity contribution < 1.29 is 31.9 Å². The van der Waals surface area contributed by atoms with Gasteiger partial charge in [-0.15, -0.1) is 0 Å². The summed E-state index contributed by atoms with van der Waals surface area (Å²) >= 11 is 0. The zero-order valence-electron chi connectivity index (χ0n) is 23.1. The number of nitriles is 1. The molecule has 2 fully saturated rings. The largest absolute Gasteiger partial charge is 0.416 e. The molecule has 0 aliphatic carbocycles. The van der Waals surface area contributed by atoms with Crippen LogP contribution in [0.1, 0.15) is 27.0 Å². The van der Waals surface area contributed by atoms with Gasteiger partial charge in [0.1, 0.15) is 12.4 Å². The van der Waals surface area contributed by atoms with Crippen LogP contribution in [0.3, 0.4) is 0 Å². The number of carbonyl (C=O) groups excluding carboxylic acids is 3. The molecule has 9 nitrogen and oxygen atoms in total. The van der Waals surface area contributed by atoms with Gasteiger partial charge in [0.2, 0.25) is 5.91 Å². The van der Waals surface area contributed by atoms with Crippen molar-refractivity contribution in [2.75, 3.05) is 48.8 Å². The Morgan fingerprint density at radius 1 is 1.02 bits per heavy atom. The number of carbonyl (C=O) groups is 3. The van der Waals surface area contributed by atoms with E-state index < -0.39 is 41.5 Å². The first-order valence-electron chi connectivity index (χ1n) is 13.2. The van der Waals surface area contributed by atoms with Crippen LogP contribution in [0, 0.1) is 17.1 Å². The second-order valence-corrected chi connectivity index (χ2v) is 10.3. The summed E-state index contributed by atoms with van der Waals surface area (Å²) in [4.78, 5) is 44.2. The van der Waals surface area contributed by atoms with Gasteiger partial charge in [-0.05, 0) is 54.1 Å². The lowest BCUT2D eigenvalue weighted by atomic mass is 9.82. The van der Waals surface area contributed by atoms with Gasteiger partial charge in [-0.3, -0.25) is 19.3 Å². The van der Waals surface area contributed by atoms with Gasteiger partial charge in [0.25, 0.3) is 11.8 Å². The van der Waals surface area contributed by atoms with E-state index in [2.05, 4.69) is 10.6 Å². The standard InChI is InChI=1S/C30H26F4N6O3/c1-36-24-12-21(8-9-22(24)27(42)37-2)38-16-29(17-38)28(43)39(25-10-5-19(13-35)11-23(25)31)15-26(41)40(29)14-18-3-6-20(7-4-18)30(32,33)34/h3-12,36H,14-17H2,1-2H3,(H,37,42). The average Bonchev–Trinajstić information content (AvgIpc) is 2.97. The molecule has 0 saturated carbocycles. The molecule has 2 heterocycles. The minimum Gasteiger partial charge on any atom is -0.387 e. The summed E-state index contributed by atoms with van der Waals surface area (Å²) in [5.74, 6) is -2.22. The Bertz CT molecular complexity index is 1650. The van der Waals surface area contributed by atoms with Crippen molar-refractivity contribution in [3.63, 3.8) is 0 Å². The number of piperazine rings is 1. The Labute approximate surface area is 244 Å². The van der Waals surface area contributed by atoms with Gasteiger partial charge in [-0.2, -0.15) is 18.4 Å². The molecule has 2 saturated heterocycles. The second kappa shape index (κ2) is 10.9. The van der Waals surface area contributed by atoms with Crippen LogP contribution in [-0.4, -0.2) is 61.9 Å². The molecule has 2 aliphatic heterocycles. The van der Waals surface area contributed by atoms with Crippen LogP contribution >= 0.6 is 0 Å². The number of amides is 3. The lowest BCUT2D eigenvalue weighted by molar-refractivity contribution is -0.153. The average molecular weight is 595 g/mol. The molecule has 0 radical (unpaired) electrons. The minimum absolute atomic E-state index is 0.00901. The first-order chi connectivity index (χ1) is 20.4. The van der Waals surface area contributed by atoms with Gasteiger partial charge in [-0.1, -0.05) is 12.1 Å². The van der Waals surface area contributed by atoms with E-state index in [1.54, 1.807) is 25.2 Å². The fraction of sp³-hybridized carbons (Fsp3) is 0.267. The van der Waals surface area contributed by atoms with Gasteiger partial charge in [-0.25, -0.2) is 4.39 Å². The number of anilines is 3. The van der Waals surface area contributed by atoms with Crippen LogP contribution in [-0.2, 0) is 22.3 Å². The Hall–Kier alpha value is -5.12. The Morgan fingerprint density at radius 2 is 1.72 bits per heavy atom. The van der Waals surface area contributed by atoms with Crippen molar-refractivity contribution in [1.29, 1.82) is 5.26 Å². The summed E-state index contributed by atoms with van der Waals surface area (Å²) in [6.07, 6.45) is -4.53. The molecule has 3 aromatic carbocycles. The number of alkyl halides is 3. The monoisotopic (exact) mass is 594 g/mol. The SMILES string of the molecule is CNC(=O)c1ccc(N2CC3(C2)C(=O)N(c2ccc(C#N)cc2F)CC(=O)N3Cc2ccc(C(F)(F)F)cc2)cc1NC. The molecule has 222 valence electrons. The van der Waals surface area contributed by atoms with Gasteiger partial charge >= 0.3 is 6.18 Å². The first kappa shape index (κ1) is 29.4. The molecule has 0 atom stereocenters. The Balaban J connectivity index is 1.50. The molecule has 2 N–H and O–H groups in total. The van der Waals surface area contributed by atoms with Crippen LogP contribution in [0.4, 0.5) is 34.6 Å². The molecule has 3 aromatic rings. The van der Waals surface area contributed by atoms with Crippen LogP contribution in [0.15, 0.2) is 60.7 Å². The topological polar surface area (TPSA) is 109 Å². The fourth-order valence-electron chi connectivity index (χ4n) is 5.45. The second-order valence-electron chi connectivity index (χ2n) is 10.3. The number of nitrogens with one attached hydrogen (secondary N) is 2. The smallest absolute Gasteiger partial charge is 0.387 e. The fourth-order valence-corrected chi connectivity index (χ4v) is 5.45. The molecule has 5 rings (SSSR count). The third-order valence-corrected chi connectivity index (χ3v) is 7.76. The van der Waals surface area contributed by atoms with E-state index in [1.165, 1.54) is 36.2 Å². The third-order valence-electron chi connectivity index (χ3n) is 7.76. The lowest BCUT2D eigenvalue weighted by Crippen LogP contribution is -2.81. The van der Waals surface area contributed by atoms with E-state index in [0.29, 0.717) is 22.5 Å². The highest BCUT2D eigenvalue weighted by Crippen LogP contribution is 2.40. The van der Waals surface area contributed by atoms with Crippen LogP contribution in [0.25, 0.3) is 0 Å². The highest BCUT2D eigenvalue weighted by molar-refractivity contribution is 6.11. The zero-order valence-corrected chi connectivity index (χ0v) is 23.1. The Kier molecular flexibility index (Phi) is 7.47. The van der Waals surface area contributed by atoms with Gasteiger partial charge in [0.15, 0.2) is 5.54 Å². The molecular weight excluding hydrogens is 568 g/mol. The zero-order chi connectivity index (χ0) is 31.1. The molecule has 43 heavy (non-hydrogen) atoms. The number of nitrogens with zero attached hydrogens (tertiary/aromatic N) is 4. The molecule has 13 heteroatoms. The highest BCUT2D eigenvalue weighted by atomic mass is 19.4. The normalized spacial score (nSPS) is 16.2. The van der Waals surface area contributed by atoms with E-state index in [0.717, 1.165) is 23.1 Å². The molecule has 0 bridgehead atoms. The summed E-state index contributed by atoms with van der Waals surface area (Å²) in [6.45, 7) is -0.615. The van der Waals surface area contributed by atoms with E-state index >= 15 is 4.39 Å². The molecule has 0 aromatic heterocycles. The maximum atomic E-state index is 15.0. The van der Waals surface area contributed by atoms with Gasteiger partial charge < -0.3 is 20.4 Å². The van der Waals surface area contributed by atoms with E-state index in [9.17, 15) is 27.6 Å². The maximum Gasteiger partial charge on any atom is 0.416 e. The molecule has 3 amide bonds. The summed E-state index contributed by atoms with van der Waals surface area (Å²) in [5, 5.41) is 14.6. The minimum atomic E-state index is -4.53. The van der Waals surface area contributed by atoms with Crippen molar-refractivity contribution in [2.45, 2.75) is 18.3 Å². The van der Waals surface area contributed by atoms with Gasteiger partial charge in [0, 0.05) is 32.0 Å². The van der Waals surface area contributed by atoms with Crippen molar-refractivity contribution in [3.05, 3.63) is 88.7 Å². The Morgan fingerprint density at radius 3 is 2.30 bits per heavy atom. The lowest BCUT2D eigenvalue weighted by Gasteiger charge is -2.58. The number of benzene rings is 3. The van der Waals surface area contributed by atoms with Crippen molar-refractivity contribution in [3.8, 4) is 6.07 Å². The summed E-state index contributed by atoms with van der Waals surface area (Å²) < 4.78 is 54.4. The van der Waals surface area contributed by atoms with Gasteiger partial charge in [0.05, 0.1) is 41.5 Å². The quantitative estimate of drug-likeness (QED) is 0.421. The predicted molar refractivity (Wildman–Crippen MR) is 150 cm³/mol. The van der Waals surface area contributed by atoms with E-state index in [-0.39, 0.29) is 36.8 Å². The van der Waals surface area contributed by atoms with Crippen molar-refractivity contribution in [2.24, 2.45) is 0 Å². The number of hydrogen-bond donors (Lipinski definition) is 2. The van der Waals surface area contributed by atoms with E-state index in [4.69, 9.17) is 5.26 Å². The number of rotatable bonds is 6. The molecule has 0 unspecified atom stereocenters. The summed E-state index contributed by atoms with van der Waals surface area (Å²) in [5.41, 5.74) is -0.437. The number of hydrogen-bond acceptors (Lipinski definition) is 6. The van der Waals surface area contributed by atoms with Crippen molar-refractivity contribution >= 4 is 34.8 Å². The first-order valence-corrected chi connectivity index (χ1v) is 13.2. The highest BCUT2D eigenvalue weighted by Gasteiger charge is 2.60. The van der Waals surface area contributed by atoms with Crippen LogP contribution < -0.4 is 20.4 Å². The van der Waals surface area contributed by atoms with Crippen molar-refractivity contribution in [1.82, 2.24) is 10.2 Å². The van der Waals surface area contributed by atoms with Crippen LogP contribution in [0.5, 0.6) is 0 Å². The predicted octanol–water partition coefficient (Wildman–Crippen LogP) is 3.75. The number of halogens is 4. The van der Waals surface area contributed by atoms with Crippen LogP contribution in [0.2, 0.25) is 0 Å². The molecule has 1 spiro atoms. The van der Waals surface area contributed by atoms with E-state index in [1.807, 2.05) is 11.0 Å². The molecular formula is C30H26F4N6O3. The molecule has 2 aliphatic rings. The summed E-state index contributed by atoms with van der Waals surface area (Å²) in [6, 6.07) is 14.8.